The third-order valence-corrected chi connectivity index (χ3v) is 2.06. The van der Waals surface area contributed by atoms with Gasteiger partial charge in [-0.2, -0.15) is 0 Å². The maximum Gasteiger partial charge on any atom is 0.0734 e. The van der Waals surface area contributed by atoms with Gasteiger partial charge in [-0.1, -0.05) is 45.0 Å². The van der Waals surface area contributed by atoms with Gasteiger partial charge in [-0.05, 0) is 31.4 Å². The fraction of sp³-hybridized carbons (Fsp3) is 0.400. The Hall–Kier alpha value is -1.37. The second kappa shape index (κ2) is 5.64. The molecule has 0 fully saturated rings. The summed E-state index contributed by atoms with van der Waals surface area (Å²) in [6.45, 7) is 10.6. The highest BCUT2D eigenvalue weighted by atomic mass is 14.7. The first kappa shape index (κ1) is 12.7. The summed E-state index contributed by atoms with van der Waals surface area (Å²) in [6.07, 6.45) is 0. The van der Waals surface area contributed by atoms with Gasteiger partial charge in [-0.25, -0.2) is 0 Å². The van der Waals surface area contributed by atoms with Crippen LogP contribution in [0.1, 0.15) is 32.0 Å². The topological polar surface area (TPSA) is 12.9 Å². The Morgan fingerprint density at radius 2 is 1.56 bits per heavy atom. The highest BCUT2D eigenvalue weighted by molar-refractivity contribution is 5.81. The molecule has 0 aliphatic carbocycles. The number of aromatic nitrogens is 1. The first-order chi connectivity index (χ1) is 7.50. The maximum absolute atomic E-state index is 4.48. The number of fused-ring (bicyclic) bond motifs is 1. The number of hydrogen-bond donors (Lipinski definition) is 0. The van der Waals surface area contributed by atoms with Crippen LogP contribution in [0.3, 0.4) is 0 Å². The first-order valence-corrected chi connectivity index (χ1v) is 5.83. The molecule has 0 aliphatic heterocycles. The fourth-order valence-corrected chi connectivity index (χ4v) is 1.39. The maximum atomic E-state index is 4.48. The van der Waals surface area contributed by atoms with Crippen molar-refractivity contribution in [2.24, 2.45) is 5.92 Å². The Kier molecular flexibility index (Phi) is 4.48. The van der Waals surface area contributed by atoms with E-state index in [1.54, 1.807) is 0 Å². The van der Waals surface area contributed by atoms with Crippen molar-refractivity contribution in [2.45, 2.75) is 34.6 Å². The molecule has 1 heterocycles. The molecule has 0 amide bonds. The predicted molar refractivity (Wildman–Crippen MR) is 71.7 cm³/mol. The van der Waals surface area contributed by atoms with Crippen LogP contribution in [0.15, 0.2) is 30.3 Å². The standard InChI is InChI=1S/C11H11N.C4H10/c1-8-4-3-5-10-7-6-9(2)12-11(8)10;1-4(2)3/h3-7H,1-2H3;4H,1-3H3. The predicted octanol–water partition coefficient (Wildman–Crippen LogP) is 4.51. The van der Waals surface area contributed by atoms with E-state index in [1.807, 2.05) is 13.0 Å². The van der Waals surface area contributed by atoms with Crippen LogP contribution in [-0.4, -0.2) is 4.98 Å². The lowest BCUT2D eigenvalue weighted by atomic mass is 10.1. The molecule has 0 N–H and O–H groups in total. The summed E-state index contributed by atoms with van der Waals surface area (Å²) in [7, 11) is 0. The number of benzene rings is 1. The summed E-state index contributed by atoms with van der Waals surface area (Å²) in [5.41, 5.74) is 3.45. The van der Waals surface area contributed by atoms with Crippen LogP contribution in [-0.2, 0) is 0 Å². The molecule has 2 rings (SSSR count). The molecule has 0 unspecified atom stereocenters. The number of nitrogens with zero attached hydrogens (tertiary/aromatic N) is 1. The quantitative estimate of drug-likeness (QED) is 0.630. The molecule has 0 aliphatic rings. The highest BCUT2D eigenvalue weighted by Gasteiger charge is 1.96. The van der Waals surface area contributed by atoms with Crippen LogP contribution in [0.25, 0.3) is 10.9 Å². The molecule has 0 atom stereocenters. The molecule has 0 saturated heterocycles. The molecule has 2 aromatic rings. The normalized spacial score (nSPS) is 10.1. The lowest BCUT2D eigenvalue weighted by Crippen LogP contribution is -1.85. The minimum absolute atomic E-state index is 0.833. The Labute approximate surface area is 98.5 Å². The van der Waals surface area contributed by atoms with Crippen molar-refractivity contribution < 1.29 is 0 Å². The Morgan fingerprint density at radius 1 is 0.938 bits per heavy atom. The lowest BCUT2D eigenvalue weighted by molar-refractivity contribution is 0.737. The van der Waals surface area contributed by atoms with Gasteiger partial charge in [0, 0.05) is 11.1 Å². The van der Waals surface area contributed by atoms with Crippen LogP contribution < -0.4 is 0 Å². The molecule has 1 heteroatoms. The molecule has 16 heavy (non-hydrogen) atoms. The van der Waals surface area contributed by atoms with Gasteiger partial charge >= 0.3 is 0 Å². The van der Waals surface area contributed by atoms with Crippen molar-refractivity contribution in [1.82, 2.24) is 4.98 Å². The van der Waals surface area contributed by atoms with Crippen LogP contribution >= 0.6 is 0 Å². The molecule has 1 aromatic carbocycles. The van der Waals surface area contributed by atoms with Gasteiger partial charge in [-0.15, -0.1) is 0 Å². The SMILES string of the molecule is CC(C)C.Cc1ccc2cccc(C)c2n1. The van der Waals surface area contributed by atoms with Crippen molar-refractivity contribution in [1.29, 1.82) is 0 Å². The van der Waals surface area contributed by atoms with E-state index < -0.39 is 0 Å². The monoisotopic (exact) mass is 215 g/mol. The summed E-state index contributed by atoms with van der Waals surface area (Å²) in [5, 5.41) is 1.22. The Balaban J connectivity index is 0.000000280. The van der Waals surface area contributed by atoms with Gasteiger partial charge in [0.1, 0.15) is 0 Å². The van der Waals surface area contributed by atoms with Crippen molar-refractivity contribution in [3.8, 4) is 0 Å². The molecular weight excluding hydrogens is 194 g/mol. The average Bonchev–Trinajstić information content (AvgIpc) is 2.18. The highest BCUT2D eigenvalue weighted by Crippen LogP contribution is 2.15. The second-order valence-electron chi connectivity index (χ2n) is 4.83. The van der Waals surface area contributed by atoms with Crippen LogP contribution in [0.4, 0.5) is 0 Å². The smallest absolute Gasteiger partial charge is 0.0734 e. The molecule has 0 radical (unpaired) electrons. The molecule has 0 saturated carbocycles. The van der Waals surface area contributed by atoms with E-state index in [2.05, 4.69) is 56.9 Å². The van der Waals surface area contributed by atoms with Crippen molar-refractivity contribution in [3.63, 3.8) is 0 Å². The zero-order valence-electron chi connectivity index (χ0n) is 10.9. The molecule has 1 aromatic heterocycles. The summed E-state index contributed by atoms with van der Waals surface area (Å²) >= 11 is 0. The van der Waals surface area contributed by atoms with Gasteiger partial charge in [-0.3, -0.25) is 4.98 Å². The summed E-state index contributed by atoms with van der Waals surface area (Å²) in [6, 6.07) is 10.4. The van der Waals surface area contributed by atoms with E-state index >= 15 is 0 Å². The van der Waals surface area contributed by atoms with Crippen LogP contribution in [0.5, 0.6) is 0 Å². The van der Waals surface area contributed by atoms with E-state index in [1.165, 1.54) is 10.9 Å². The molecule has 1 nitrogen and oxygen atoms in total. The average molecular weight is 215 g/mol. The molecule has 86 valence electrons. The fourth-order valence-electron chi connectivity index (χ4n) is 1.39. The molecular formula is C15H21N. The van der Waals surface area contributed by atoms with Gasteiger partial charge in [0.15, 0.2) is 0 Å². The van der Waals surface area contributed by atoms with Crippen molar-refractivity contribution >= 4 is 10.9 Å². The number of para-hydroxylation sites is 1. The molecule has 0 bridgehead atoms. The van der Waals surface area contributed by atoms with Gasteiger partial charge < -0.3 is 0 Å². The zero-order valence-corrected chi connectivity index (χ0v) is 10.9. The summed E-state index contributed by atoms with van der Waals surface area (Å²) in [4.78, 5) is 4.48. The van der Waals surface area contributed by atoms with Crippen LogP contribution in [0.2, 0.25) is 0 Å². The van der Waals surface area contributed by atoms with Crippen LogP contribution in [0, 0.1) is 19.8 Å². The van der Waals surface area contributed by atoms with E-state index in [-0.39, 0.29) is 0 Å². The lowest BCUT2D eigenvalue weighted by Gasteiger charge is -2.00. The van der Waals surface area contributed by atoms with Gasteiger partial charge in [0.25, 0.3) is 0 Å². The minimum Gasteiger partial charge on any atom is -0.253 e. The van der Waals surface area contributed by atoms with E-state index in [4.69, 9.17) is 0 Å². The van der Waals surface area contributed by atoms with Gasteiger partial charge in [0.2, 0.25) is 0 Å². The van der Waals surface area contributed by atoms with E-state index in [0.717, 1.165) is 17.1 Å². The van der Waals surface area contributed by atoms with Crippen molar-refractivity contribution in [2.75, 3.05) is 0 Å². The Morgan fingerprint density at radius 3 is 2.19 bits per heavy atom. The first-order valence-electron chi connectivity index (χ1n) is 5.83. The summed E-state index contributed by atoms with van der Waals surface area (Å²) in [5.74, 6) is 0.833. The van der Waals surface area contributed by atoms with E-state index in [0.29, 0.717) is 0 Å². The number of hydrogen-bond acceptors (Lipinski definition) is 1. The third-order valence-electron chi connectivity index (χ3n) is 2.06. The summed E-state index contributed by atoms with van der Waals surface area (Å²) < 4.78 is 0. The molecule has 0 spiro atoms. The van der Waals surface area contributed by atoms with Gasteiger partial charge in [0.05, 0.1) is 5.52 Å². The number of pyridine rings is 1. The zero-order chi connectivity index (χ0) is 12.1. The second-order valence-corrected chi connectivity index (χ2v) is 4.83. The third kappa shape index (κ3) is 3.65. The Bertz CT molecular complexity index is 455. The number of aryl methyl sites for hydroxylation is 2. The van der Waals surface area contributed by atoms with E-state index in [9.17, 15) is 0 Å². The largest absolute Gasteiger partial charge is 0.253 e. The minimum atomic E-state index is 0.833. The van der Waals surface area contributed by atoms with Crippen molar-refractivity contribution in [3.05, 3.63) is 41.6 Å². The number of rotatable bonds is 0.